The Morgan fingerprint density at radius 3 is 1.14 bits per heavy atom. The average Bonchev–Trinajstić information content (AvgIpc) is 0.865. The number of nitrogens with zero attached hydrogens (tertiary/aromatic N) is 14. The van der Waals surface area contributed by atoms with Crippen molar-refractivity contribution in [2.24, 2.45) is 0 Å². The predicted octanol–water partition coefficient (Wildman–Crippen LogP) is 12.8. The van der Waals surface area contributed by atoms with Crippen LogP contribution in [-0.4, -0.2) is 168 Å². The molecule has 19 heteroatoms. The highest BCUT2D eigenvalue weighted by Crippen LogP contribution is 2.37. The number of para-hydroxylation sites is 6. The summed E-state index contributed by atoms with van der Waals surface area (Å²) < 4.78 is 22.0. The molecule has 1 N–H and O–H groups in total. The molecule has 0 atom stereocenters. The molecule has 474 valence electrons. The van der Waals surface area contributed by atoms with Crippen LogP contribution in [0.2, 0.25) is 0 Å². The van der Waals surface area contributed by atoms with Crippen LogP contribution in [0.1, 0.15) is 0 Å². The molecule has 0 bridgehead atoms. The fraction of sp³-hybridized carbons (Fsp3) is 0.243. The van der Waals surface area contributed by atoms with Gasteiger partial charge in [-0.1, -0.05) is 84.9 Å². The number of ether oxygens (including phenoxy) is 4. The van der Waals surface area contributed by atoms with Gasteiger partial charge in [0.05, 0.1) is 79.4 Å². The highest BCUT2D eigenvalue weighted by molar-refractivity contribution is 5.94. The summed E-state index contributed by atoms with van der Waals surface area (Å²) in [6, 6.07) is 61.7. The van der Waals surface area contributed by atoms with Gasteiger partial charge in [-0.05, 0) is 103 Å². The van der Waals surface area contributed by atoms with Gasteiger partial charge in [-0.15, -0.1) is 0 Å². The topological polar surface area (TPSA) is 180 Å². The molecule has 4 aromatic heterocycles. The number of methoxy groups -OCH3 is 2. The van der Waals surface area contributed by atoms with Crippen LogP contribution >= 0.6 is 0 Å². The van der Waals surface area contributed by atoms with Gasteiger partial charge < -0.3 is 53.5 Å². The minimum atomic E-state index is 0.187. The lowest BCUT2D eigenvalue weighted by Gasteiger charge is -2.29. The van der Waals surface area contributed by atoms with Gasteiger partial charge in [-0.3, -0.25) is 0 Å². The third-order valence-electron chi connectivity index (χ3n) is 15.8. The summed E-state index contributed by atoms with van der Waals surface area (Å²) in [7, 11) is 19.2. The van der Waals surface area contributed by atoms with Crippen LogP contribution in [0.15, 0.2) is 188 Å². The minimum absolute atomic E-state index is 0.187. The molecule has 0 spiro atoms. The maximum absolute atomic E-state index is 9.97. The molecule has 6 heterocycles. The summed E-state index contributed by atoms with van der Waals surface area (Å²) in [4.78, 5) is 50.5. The van der Waals surface area contributed by atoms with Gasteiger partial charge in [0.1, 0.15) is 40.5 Å². The number of benzene rings is 8. The molecule has 12 aromatic rings. The minimum Gasteiger partial charge on any atom is -0.507 e. The first-order valence-electron chi connectivity index (χ1n) is 30.9. The molecule has 14 rings (SSSR count). The molecular weight excluding hydrogens is 1160 g/mol. The summed E-state index contributed by atoms with van der Waals surface area (Å²) in [5.41, 5.74) is 9.49. The number of hydrogen-bond donors (Lipinski definition) is 1. The van der Waals surface area contributed by atoms with Crippen molar-refractivity contribution < 1.29 is 24.1 Å². The predicted molar refractivity (Wildman–Crippen MR) is 378 cm³/mol. The van der Waals surface area contributed by atoms with Gasteiger partial charge >= 0.3 is 0 Å². The number of aromatic hydroxyl groups is 1. The first-order chi connectivity index (χ1) is 45.3. The van der Waals surface area contributed by atoms with E-state index in [9.17, 15) is 5.11 Å². The second-order valence-electron chi connectivity index (χ2n) is 23.0. The monoisotopic (exact) mass is 1240 g/mol. The quantitative estimate of drug-likeness (QED) is 0.122. The van der Waals surface area contributed by atoms with Crippen molar-refractivity contribution in [1.29, 1.82) is 0 Å². The third-order valence-corrected chi connectivity index (χ3v) is 15.8. The molecule has 0 amide bonds. The van der Waals surface area contributed by atoms with E-state index in [0.29, 0.717) is 23.0 Å². The molecule has 2 fully saturated rings. The number of phenols is 1. The van der Waals surface area contributed by atoms with E-state index in [0.717, 1.165) is 159 Å². The van der Waals surface area contributed by atoms with E-state index in [-0.39, 0.29) is 5.75 Å². The SMILES string of the molecule is CN(C)c1nc(-c2cccc(N3CCOCC3)c2)nc2ccccc12.CN(C)c1nc(-c2ccccc2O)nc2ccccc12.COc1ccc(N2CCOCC2)cc1-c1nc(N(C)C)c2ccccc2n1.COc1ccccc1-c1nc(N(C)C)c2ccccc2n1. The lowest BCUT2D eigenvalue weighted by molar-refractivity contribution is 0.122. The van der Waals surface area contributed by atoms with Crippen LogP contribution in [0.4, 0.5) is 34.6 Å². The maximum Gasteiger partial charge on any atom is 0.165 e. The Labute approximate surface area is 543 Å². The van der Waals surface area contributed by atoms with Crippen molar-refractivity contribution in [3.05, 3.63) is 188 Å². The highest BCUT2D eigenvalue weighted by atomic mass is 16.5. The van der Waals surface area contributed by atoms with Gasteiger partial charge in [-0.25, -0.2) is 39.9 Å². The average molecular weight is 1240 g/mol. The molecule has 8 aromatic carbocycles. The van der Waals surface area contributed by atoms with Crippen LogP contribution in [0.3, 0.4) is 0 Å². The van der Waals surface area contributed by atoms with Crippen LogP contribution < -0.4 is 38.9 Å². The molecule has 2 saturated heterocycles. The molecule has 0 saturated carbocycles. The summed E-state index contributed by atoms with van der Waals surface area (Å²) in [5.74, 6) is 7.96. The molecule has 19 nitrogen and oxygen atoms in total. The van der Waals surface area contributed by atoms with Crippen molar-refractivity contribution in [2.45, 2.75) is 0 Å². The van der Waals surface area contributed by atoms with E-state index in [1.807, 2.05) is 203 Å². The lowest BCUT2D eigenvalue weighted by atomic mass is 10.1. The molecular formula is C74H78N14O5. The summed E-state index contributed by atoms with van der Waals surface area (Å²) in [6.07, 6.45) is 0. The van der Waals surface area contributed by atoms with Crippen molar-refractivity contribution in [3.63, 3.8) is 0 Å². The smallest absolute Gasteiger partial charge is 0.165 e. The number of fused-ring (bicyclic) bond motifs is 4. The Hall–Kier alpha value is -10.8. The van der Waals surface area contributed by atoms with Gasteiger partial charge in [-0.2, -0.15) is 0 Å². The maximum atomic E-state index is 9.97. The fourth-order valence-corrected chi connectivity index (χ4v) is 11.1. The summed E-state index contributed by atoms with van der Waals surface area (Å²) in [5, 5.41) is 14.1. The fourth-order valence-electron chi connectivity index (χ4n) is 11.1. The van der Waals surface area contributed by atoms with Gasteiger partial charge in [0.25, 0.3) is 0 Å². The molecule has 2 aliphatic rings. The molecule has 0 unspecified atom stereocenters. The number of anilines is 6. The van der Waals surface area contributed by atoms with Crippen molar-refractivity contribution in [1.82, 2.24) is 39.9 Å². The number of phenolic OH excluding ortho intramolecular Hbond substituents is 1. The summed E-state index contributed by atoms with van der Waals surface area (Å²) in [6.45, 7) is 6.66. The van der Waals surface area contributed by atoms with E-state index in [2.05, 4.69) is 73.3 Å². The molecule has 0 radical (unpaired) electrons. The van der Waals surface area contributed by atoms with E-state index < -0.39 is 0 Å². The van der Waals surface area contributed by atoms with Gasteiger partial charge in [0.15, 0.2) is 23.3 Å². The van der Waals surface area contributed by atoms with Crippen LogP contribution in [0.5, 0.6) is 17.2 Å². The third kappa shape index (κ3) is 14.7. The first kappa shape index (κ1) is 63.8. The Bertz CT molecular complexity index is 4540. The largest absolute Gasteiger partial charge is 0.507 e. The Morgan fingerprint density at radius 2 is 0.699 bits per heavy atom. The molecule has 2 aliphatic heterocycles. The summed E-state index contributed by atoms with van der Waals surface area (Å²) >= 11 is 0. The zero-order valence-corrected chi connectivity index (χ0v) is 54.4. The molecule has 0 aliphatic carbocycles. The van der Waals surface area contributed by atoms with Crippen molar-refractivity contribution >= 4 is 78.3 Å². The number of morpholine rings is 2. The number of aromatic nitrogens is 8. The normalized spacial score (nSPS) is 12.8. The second kappa shape index (κ2) is 29.5. The number of rotatable bonds is 12. The van der Waals surface area contributed by atoms with E-state index in [1.54, 1.807) is 26.4 Å². The van der Waals surface area contributed by atoms with Gasteiger partial charge in [0.2, 0.25) is 0 Å². The van der Waals surface area contributed by atoms with E-state index in [1.165, 1.54) is 5.69 Å². The second-order valence-corrected chi connectivity index (χ2v) is 23.0. The van der Waals surface area contributed by atoms with Crippen LogP contribution in [0, 0.1) is 0 Å². The highest BCUT2D eigenvalue weighted by Gasteiger charge is 2.21. The zero-order valence-electron chi connectivity index (χ0n) is 54.4. The molecule has 93 heavy (non-hydrogen) atoms. The van der Waals surface area contributed by atoms with Gasteiger partial charge in [0, 0.05) is 121 Å². The van der Waals surface area contributed by atoms with Crippen LogP contribution in [-0.2, 0) is 9.47 Å². The first-order valence-corrected chi connectivity index (χ1v) is 30.9. The van der Waals surface area contributed by atoms with Crippen molar-refractivity contribution in [3.8, 4) is 62.8 Å². The number of hydrogen-bond acceptors (Lipinski definition) is 19. The standard InChI is InChI=1S/C21H24N4O2.C20H22N4O.C17H17N3O.C16H15N3O/c1-24(2)21-16-6-4-5-7-18(16)22-20(23-21)17-14-15(8-9-19(17)26-3)25-10-12-27-13-11-25;1-23(2)20-17-8-3-4-9-18(17)21-19(22-20)15-6-5-7-16(14-15)24-10-12-25-13-11-24;1-20(2)17-12-8-4-6-10-14(12)18-16(19-17)13-9-5-7-11-15(13)21-3;1-19(2)16-11-7-3-5-9-13(11)17-15(18-16)12-8-4-6-10-14(12)20/h4-9,14H,10-13H2,1-3H3;3-9,14H,10-13H2,1-2H3;4-11H,1-3H3;3-10,20H,1-2H3. The zero-order chi connectivity index (χ0) is 65.0. The van der Waals surface area contributed by atoms with Crippen LogP contribution in [0.25, 0.3) is 89.2 Å². The van der Waals surface area contributed by atoms with E-state index >= 15 is 0 Å². The lowest BCUT2D eigenvalue weighted by Crippen LogP contribution is -2.36. The Kier molecular flexibility index (Phi) is 20.2. The Morgan fingerprint density at radius 1 is 0.344 bits per heavy atom. The van der Waals surface area contributed by atoms with E-state index in [4.69, 9.17) is 43.9 Å². The Balaban J connectivity index is 0.000000128. The van der Waals surface area contributed by atoms with Crippen molar-refractivity contribution in [2.75, 3.05) is 153 Å².